The van der Waals surface area contributed by atoms with Crippen LogP contribution in [-0.4, -0.2) is 7.11 Å². The lowest BCUT2D eigenvalue weighted by atomic mass is 9.99. The van der Waals surface area contributed by atoms with Crippen LogP contribution in [0.1, 0.15) is 18.1 Å². The van der Waals surface area contributed by atoms with E-state index in [9.17, 15) is 4.79 Å². The Morgan fingerprint density at radius 1 is 0.862 bits per heavy atom. The van der Waals surface area contributed by atoms with Gasteiger partial charge in [0.15, 0.2) is 0 Å². The quantitative estimate of drug-likeness (QED) is 0.404. The van der Waals surface area contributed by atoms with E-state index < -0.39 is 0 Å². The van der Waals surface area contributed by atoms with Crippen molar-refractivity contribution in [3.63, 3.8) is 0 Å². The van der Waals surface area contributed by atoms with Crippen molar-refractivity contribution in [1.29, 1.82) is 0 Å². The van der Waals surface area contributed by atoms with E-state index in [1.165, 1.54) is 0 Å². The summed E-state index contributed by atoms with van der Waals surface area (Å²) in [6, 6.07) is 23.0. The first-order valence-electron chi connectivity index (χ1n) is 9.60. The van der Waals surface area contributed by atoms with Crippen molar-refractivity contribution < 1.29 is 13.9 Å². The second kappa shape index (κ2) is 8.23. The van der Waals surface area contributed by atoms with E-state index in [0.717, 1.165) is 39.8 Å². The Labute approximate surface area is 169 Å². The molecular weight excluding hydrogens is 364 g/mol. The summed E-state index contributed by atoms with van der Waals surface area (Å²) >= 11 is 0. The van der Waals surface area contributed by atoms with Gasteiger partial charge in [0.05, 0.1) is 7.11 Å². The minimum atomic E-state index is -0.378. The summed E-state index contributed by atoms with van der Waals surface area (Å²) in [5.41, 5.74) is 3.99. The van der Waals surface area contributed by atoms with Crippen LogP contribution in [0.25, 0.3) is 22.1 Å². The Morgan fingerprint density at radius 2 is 1.62 bits per heavy atom. The van der Waals surface area contributed by atoms with Crippen molar-refractivity contribution in [2.24, 2.45) is 0 Å². The third-order valence-electron chi connectivity index (χ3n) is 4.97. The molecule has 1 aromatic heterocycles. The van der Waals surface area contributed by atoms with Gasteiger partial charge in [-0.15, -0.1) is 0 Å². The molecule has 4 rings (SSSR count). The highest BCUT2D eigenvalue weighted by Crippen LogP contribution is 2.33. The summed E-state index contributed by atoms with van der Waals surface area (Å²) < 4.78 is 17.0. The highest BCUT2D eigenvalue weighted by Gasteiger charge is 2.13. The van der Waals surface area contributed by atoms with E-state index in [1.807, 2.05) is 60.7 Å². The minimum Gasteiger partial charge on any atom is -0.496 e. The number of benzene rings is 3. The van der Waals surface area contributed by atoms with Crippen LogP contribution in [0.15, 0.2) is 82.0 Å². The summed E-state index contributed by atoms with van der Waals surface area (Å²) in [5, 5.41) is 0.900. The molecule has 4 nitrogen and oxygen atoms in total. The highest BCUT2D eigenvalue weighted by atomic mass is 16.5. The molecule has 0 atom stereocenters. The van der Waals surface area contributed by atoms with Gasteiger partial charge in [-0.3, -0.25) is 0 Å². The van der Waals surface area contributed by atoms with Gasteiger partial charge in [0.25, 0.3) is 0 Å². The number of hydrogen-bond acceptors (Lipinski definition) is 4. The summed E-state index contributed by atoms with van der Waals surface area (Å²) in [6.45, 7) is 2.45. The van der Waals surface area contributed by atoms with Crippen LogP contribution in [0.2, 0.25) is 0 Å². The summed E-state index contributed by atoms with van der Waals surface area (Å²) in [5.74, 6) is 1.49. The Kier molecular flexibility index (Phi) is 5.34. The molecule has 1 heterocycles. The molecule has 0 fully saturated rings. The Balaban J connectivity index is 1.77. The summed E-state index contributed by atoms with van der Waals surface area (Å²) in [6.07, 6.45) is 0.796. The maximum absolute atomic E-state index is 12.2. The van der Waals surface area contributed by atoms with Gasteiger partial charge in [0.1, 0.15) is 23.7 Å². The molecule has 0 N–H and O–H groups in total. The molecule has 3 aromatic carbocycles. The topological polar surface area (TPSA) is 48.7 Å². The van der Waals surface area contributed by atoms with Crippen LogP contribution >= 0.6 is 0 Å². The van der Waals surface area contributed by atoms with Crippen LogP contribution < -0.4 is 15.1 Å². The number of ether oxygens (including phenoxy) is 2. The summed E-state index contributed by atoms with van der Waals surface area (Å²) in [7, 11) is 1.64. The van der Waals surface area contributed by atoms with Crippen LogP contribution in [0.3, 0.4) is 0 Å². The number of fused-ring (bicyclic) bond motifs is 1. The maximum atomic E-state index is 12.2. The lowest BCUT2D eigenvalue weighted by Crippen LogP contribution is -2.02. The summed E-state index contributed by atoms with van der Waals surface area (Å²) in [4.78, 5) is 12.2. The third kappa shape index (κ3) is 3.87. The van der Waals surface area contributed by atoms with E-state index >= 15 is 0 Å². The molecule has 0 aliphatic carbocycles. The largest absolute Gasteiger partial charge is 0.496 e. The molecule has 0 saturated heterocycles. The molecular formula is C25H22O4. The van der Waals surface area contributed by atoms with E-state index in [0.29, 0.717) is 17.9 Å². The first kappa shape index (κ1) is 18.8. The number of methoxy groups -OCH3 is 1. The van der Waals surface area contributed by atoms with Crippen LogP contribution in [0.5, 0.6) is 11.5 Å². The van der Waals surface area contributed by atoms with Crippen molar-refractivity contribution in [3.8, 4) is 22.6 Å². The van der Waals surface area contributed by atoms with Gasteiger partial charge >= 0.3 is 5.63 Å². The van der Waals surface area contributed by atoms with E-state index in [1.54, 1.807) is 13.2 Å². The second-order valence-electron chi connectivity index (χ2n) is 6.76. The molecule has 0 radical (unpaired) electrons. The number of aryl methyl sites for hydroxylation is 1. The molecule has 0 aliphatic heterocycles. The molecule has 146 valence electrons. The smallest absolute Gasteiger partial charge is 0.336 e. The van der Waals surface area contributed by atoms with Gasteiger partial charge in [0.2, 0.25) is 0 Å². The fourth-order valence-electron chi connectivity index (χ4n) is 3.48. The Hall–Kier alpha value is -3.53. The molecule has 4 aromatic rings. The standard InChI is InChI=1S/C25H22O4/c1-3-17-13-21-20(18-9-5-4-6-10-18)14-25(26)29-24(21)15-23(17)28-16-19-11-7-8-12-22(19)27-2/h4-15H,3,16H2,1-2H3. The number of para-hydroxylation sites is 1. The number of hydrogen-bond donors (Lipinski definition) is 0. The average Bonchev–Trinajstić information content (AvgIpc) is 2.77. The molecule has 0 unspecified atom stereocenters. The van der Waals surface area contributed by atoms with Crippen LogP contribution in [-0.2, 0) is 13.0 Å². The lowest BCUT2D eigenvalue weighted by Gasteiger charge is -2.14. The van der Waals surface area contributed by atoms with E-state index in [4.69, 9.17) is 13.9 Å². The van der Waals surface area contributed by atoms with Crippen molar-refractivity contribution >= 4 is 11.0 Å². The SMILES string of the molecule is CCc1cc2c(-c3ccccc3)cc(=O)oc2cc1OCc1ccccc1OC. The van der Waals surface area contributed by atoms with Gasteiger partial charge in [-0.25, -0.2) is 4.79 Å². The highest BCUT2D eigenvalue weighted by molar-refractivity contribution is 5.94. The van der Waals surface area contributed by atoms with E-state index in [-0.39, 0.29) is 5.63 Å². The fourth-order valence-corrected chi connectivity index (χ4v) is 3.48. The van der Waals surface area contributed by atoms with Gasteiger partial charge in [-0.05, 0) is 35.2 Å². The van der Waals surface area contributed by atoms with Gasteiger partial charge < -0.3 is 13.9 Å². The molecule has 0 aliphatic rings. The first-order valence-corrected chi connectivity index (χ1v) is 9.60. The predicted molar refractivity (Wildman–Crippen MR) is 115 cm³/mol. The maximum Gasteiger partial charge on any atom is 0.336 e. The van der Waals surface area contributed by atoms with Crippen molar-refractivity contribution in [3.05, 3.63) is 94.3 Å². The van der Waals surface area contributed by atoms with Crippen molar-refractivity contribution in [1.82, 2.24) is 0 Å². The zero-order chi connectivity index (χ0) is 20.2. The van der Waals surface area contributed by atoms with Crippen molar-refractivity contribution in [2.45, 2.75) is 20.0 Å². The molecule has 0 saturated carbocycles. The minimum absolute atomic E-state index is 0.366. The zero-order valence-corrected chi connectivity index (χ0v) is 16.5. The Morgan fingerprint density at radius 3 is 2.38 bits per heavy atom. The van der Waals surface area contributed by atoms with E-state index in [2.05, 4.69) is 13.0 Å². The molecule has 0 bridgehead atoms. The average molecular weight is 386 g/mol. The Bertz CT molecular complexity index is 1190. The predicted octanol–water partition coefficient (Wildman–Crippen LogP) is 5.61. The van der Waals surface area contributed by atoms with Gasteiger partial charge in [-0.2, -0.15) is 0 Å². The fraction of sp³-hybridized carbons (Fsp3) is 0.160. The number of rotatable bonds is 6. The lowest BCUT2D eigenvalue weighted by molar-refractivity contribution is 0.294. The third-order valence-corrected chi connectivity index (χ3v) is 4.97. The normalized spacial score (nSPS) is 10.8. The van der Waals surface area contributed by atoms with Crippen LogP contribution in [0, 0.1) is 0 Å². The first-order chi connectivity index (χ1) is 14.2. The molecule has 4 heteroatoms. The monoisotopic (exact) mass is 386 g/mol. The zero-order valence-electron chi connectivity index (χ0n) is 16.5. The molecule has 0 amide bonds. The van der Waals surface area contributed by atoms with Gasteiger partial charge in [-0.1, -0.05) is 55.5 Å². The van der Waals surface area contributed by atoms with Crippen LogP contribution in [0.4, 0.5) is 0 Å². The molecule has 29 heavy (non-hydrogen) atoms. The second-order valence-corrected chi connectivity index (χ2v) is 6.76. The molecule has 0 spiro atoms. The van der Waals surface area contributed by atoms with Gasteiger partial charge in [0, 0.05) is 23.1 Å². The van der Waals surface area contributed by atoms with Crippen molar-refractivity contribution in [2.75, 3.05) is 7.11 Å².